The maximum atomic E-state index is 14.8. The quantitative estimate of drug-likeness (QED) is 0.437. The Morgan fingerprint density at radius 3 is 2.09 bits per heavy atom. The Labute approximate surface area is 194 Å². The number of carbonyl (C=O) groups excluding carboxylic acids is 1. The number of rotatable bonds is 6. The number of aryl methyl sites for hydroxylation is 1. The zero-order valence-corrected chi connectivity index (χ0v) is 18.6. The van der Waals surface area contributed by atoms with Crippen LogP contribution in [0.25, 0.3) is 0 Å². The first-order valence-corrected chi connectivity index (χ1v) is 11.0. The average Bonchev–Trinajstić information content (AvgIpc) is 2.77. The predicted molar refractivity (Wildman–Crippen MR) is 106 cm³/mol. The fourth-order valence-corrected chi connectivity index (χ4v) is 4.39. The van der Waals surface area contributed by atoms with Crippen LogP contribution in [0.4, 0.5) is 30.7 Å². The molecule has 1 atom stereocenters. The molecule has 0 saturated carbocycles. The normalized spacial score (nSPS) is 17.0. The number of halogens is 7. The van der Waals surface area contributed by atoms with E-state index in [9.17, 15) is 43.9 Å². The minimum absolute atomic E-state index is 0.307. The summed E-state index contributed by atoms with van der Waals surface area (Å²) >= 11 is 0. The lowest BCUT2D eigenvalue weighted by Gasteiger charge is -2.35. The fourth-order valence-electron chi connectivity index (χ4n) is 3.20. The summed E-state index contributed by atoms with van der Waals surface area (Å²) in [6.45, 7) is 1.64. The topological polar surface area (TPSA) is 81.7 Å². The van der Waals surface area contributed by atoms with Gasteiger partial charge in [-0.3, -0.25) is 0 Å². The van der Waals surface area contributed by atoms with Gasteiger partial charge >= 0.3 is 24.0 Å². The highest BCUT2D eigenvalue weighted by atomic mass is 32.2. The second-order valence-corrected chi connectivity index (χ2v) is 9.10. The first-order valence-electron chi connectivity index (χ1n) is 9.55. The van der Waals surface area contributed by atoms with E-state index in [1.165, 1.54) is 24.3 Å². The van der Waals surface area contributed by atoms with Crippen molar-refractivity contribution in [3.8, 4) is 5.75 Å². The third-order valence-electron chi connectivity index (χ3n) is 5.02. The second kappa shape index (κ2) is 8.82. The molecule has 35 heavy (non-hydrogen) atoms. The predicted octanol–water partition coefficient (Wildman–Crippen LogP) is 4.67. The van der Waals surface area contributed by atoms with E-state index < -0.39 is 62.0 Å². The van der Waals surface area contributed by atoms with Gasteiger partial charge in [0.2, 0.25) is 10.0 Å². The zero-order chi connectivity index (χ0) is 26.4. The van der Waals surface area contributed by atoms with Gasteiger partial charge in [-0.2, -0.15) is 35.5 Å². The molecule has 0 fully saturated rings. The van der Waals surface area contributed by atoms with Crippen LogP contribution in [0.5, 0.6) is 5.75 Å². The van der Waals surface area contributed by atoms with E-state index in [0.29, 0.717) is 12.7 Å². The molecular weight excluding hydrogens is 511 g/mol. The number of ether oxygens (including phenoxy) is 2. The summed E-state index contributed by atoms with van der Waals surface area (Å²) in [5, 5.41) is 0. The first kappa shape index (κ1) is 26.5. The lowest BCUT2D eigenvalue weighted by atomic mass is 9.91. The number of esters is 1. The zero-order valence-electron chi connectivity index (χ0n) is 17.8. The van der Waals surface area contributed by atoms with Crippen LogP contribution in [0, 0.1) is 6.92 Å². The van der Waals surface area contributed by atoms with Gasteiger partial charge in [-0.1, -0.05) is 35.9 Å². The van der Waals surface area contributed by atoms with E-state index >= 15 is 0 Å². The second-order valence-electron chi connectivity index (χ2n) is 7.39. The molecule has 190 valence electrons. The standard InChI is InChI=1S/C21H16F7NO5S/c1-11-7-9-12(10-8-11)35(31,32)29-16-13-5-3-4-6-14(13)34-17(15(16)18(30)33-2)19(22,23)20(24,25)21(26,27)28/h3-10,16,29H,1-2H3. The molecule has 3 rings (SSSR count). The largest absolute Gasteiger partial charge is 0.466 e. The molecule has 2 aromatic carbocycles. The van der Waals surface area contributed by atoms with Crippen molar-refractivity contribution < 1.29 is 53.4 Å². The number of sulfonamides is 1. The number of nitrogens with one attached hydrogen (secondary N) is 1. The Bertz CT molecular complexity index is 1270. The number of methoxy groups -OCH3 is 1. The number of fused-ring (bicyclic) bond motifs is 1. The SMILES string of the molecule is COC(=O)C1=C(C(F)(F)C(F)(F)C(F)(F)F)Oc2ccccc2C1NS(=O)(=O)c1ccc(C)cc1. The molecule has 1 N–H and O–H groups in total. The molecule has 1 heterocycles. The van der Waals surface area contributed by atoms with Gasteiger partial charge in [-0.15, -0.1) is 0 Å². The Morgan fingerprint density at radius 1 is 0.971 bits per heavy atom. The minimum Gasteiger partial charge on any atom is -0.466 e. The van der Waals surface area contributed by atoms with E-state index in [1.807, 2.05) is 4.72 Å². The highest BCUT2D eigenvalue weighted by Crippen LogP contribution is 2.53. The van der Waals surface area contributed by atoms with Crippen LogP contribution in [-0.4, -0.2) is 39.5 Å². The average molecular weight is 527 g/mol. The summed E-state index contributed by atoms with van der Waals surface area (Å²) in [5.74, 6) is -17.7. The summed E-state index contributed by atoms with van der Waals surface area (Å²) in [5.41, 5.74) is -1.22. The fraction of sp³-hybridized carbons (Fsp3) is 0.286. The number of benzene rings is 2. The van der Waals surface area contributed by atoms with Crippen molar-refractivity contribution in [3.63, 3.8) is 0 Å². The minimum atomic E-state index is -6.75. The van der Waals surface area contributed by atoms with Crippen molar-refractivity contribution in [3.05, 3.63) is 71.0 Å². The lowest BCUT2D eigenvalue weighted by molar-refractivity contribution is -0.349. The Kier molecular flexibility index (Phi) is 6.67. The molecule has 0 aromatic heterocycles. The van der Waals surface area contributed by atoms with E-state index in [0.717, 1.165) is 24.3 Å². The van der Waals surface area contributed by atoms with Crippen LogP contribution in [-0.2, 0) is 19.6 Å². The molecule has 0 amide bonds. The van der Waals surface area contributed by atoms with Crippen molar-refractivity contribution in [2.45, 2.75) is 35.9 Å². The summed E-state index contributed by atoms with van der Waals surface area (Å²) < 4.78 is 133. The molecule has 0 radical (unpaired) electrons. The Hall–Kier alpha value is -3.13. The van der Waals surface area contributed by atoms with Crippen molar-refractivity contribution in [1.82, 2.24) is 4.72 Å². The van der Waals surface area contributed by atoms with Crippen molar-refractivity contribution in [2.75, 3.05) is 7.11 Å². The van der Waals surface area contributed by atoms with Crippen molar-refractivity contribution >= 4 is 16.0 Å². The first-order chi connectivity index (χ1) is 16.0. The molecule has 1 unspecified atom stereocenters. The monoisotopic (exact) mass is 527 g/mol. The summed E-state index contributed by atoms with van der Waals surface area (Å²) in [4.78, 5) is 12.0. The van der Waals surface area contributed by atoms with Crippen LogP contribution >= 0.6 is 0 Å². The molecule has 6 nitrogen and oxygen atoms in total. The van der Waals surface area contributed by atoms with E-state index in [2.05, 4.69) is 4.74 Å². The van der Waals surface area contributed by atoms with Crippen LogP contribution in [0.15, 0.2) is 64.8 Å². The summed E-state index contributed by atoms with van der Waals surface area (Å²) in [7, 11) is -3.99. The van der Waals surface area contributed by atoms with Gasteiger partial charge in [-0.05, 0) is 25.1 Å². The molecule has 2 aromatic rings. The number of allylic oxidation sites excluding steroid dienone is 1. The Balaban J connectivity index is 2.28. The van der Waals surface area contributed by atoms with Crippen LogP contribution < -0.4 is 9.46 Å². The van der Waals surface area contributed by atoms with E-state index in [4.69, 9.17) is 4.74 Å². The van der Waals surface area contributed by atoms with Crippen molar-refractivity contribution in [1.29, 1.82) is 0 Å². The molecule has 0 bridgehead atoms. The molecule has 14 heteroatoms. The highest BCUT2D eigenvalue weighted by molar-refractivity contribution is 7.89. The molecule has 0 spiro atoms. The molecule has 0 aliphatic carbocycles. The van der Waals surface area contributed by atoms with E-state index in [1.54, 1.807) is 6.92 Å². The third kappa shape index (κ3) is 4.59. The maximum absolute atomic E-state index is 14.8. The summed E-state index contributed by atoms with van der Waals surface area (Å²) in [6, 6.07) is 7.39. The lowest BCUT2D eigenvalue weighted by Crippen LogP contribution is -2.55. The molecule has 1 aliphatic heterocycles. The van der Waals surface area contributed by atoms with Crippen LogP contribution in [0.1, 0.15) is 17.2 Å². The molecule has 0 saturated heterocycles. The van der Waals surface area contributed by atoms with Gasteiger partial charge in [-0.25, -0.2) is 13.2 Å². The van der Waals surface area contributed by atoms with Crippen molar-refractivity contribution in [2.24, 2.45) is 0 Å². The number of hydrogen-bond acceptors (Lipinski definition) is 5. The Morgan fingerprint density at radius 2 is 1.54 bits per heavy atom. The van der Waals surface area contributed by atoms with Gasteiger partial charge in [0.1, 0.15) is 11.3 Å². The van der Waals surface area contributed by atoms with Gasteiger partial charge in [0, 0.05) is 5.56 Å². The van der Waals surface area contributed by atoms with Gasteiger partial charge in [0.15, 0.2) is 5.76 Å². The van der Waals surface area contributed by atoms with Gasteiger partial charge < -0.3 is 9.47 Å². The summed E-state index contributed by atoms with van der Waals surface area (Å²) in [6.07, 6.45) is -6.75. The molecule has 1 aliphatic rings. The van der Waals surface area contributed by atoms with E-state index in [-0.39, 0.29) is 5.56 Å². The molecular formula is C21H16F7NO5S. The van der Waals surface area contributed by atoms with Crippen LogP contribution in [0.3, 0.4) is 0 Å². The highest BCUT2D eigenvalue weighted by Gasteiger charge is 2.76. The number of carbonyl (C=O) groups is 1. The smallest absolute Gasteiger partial charge is 0.460 e. The number of hydrogen-bond donors (Lipinski definition) is 1. The van der Waals surface area contributed by atoms with Gasteiger partial charge in [0.05, 0.1) is 18.0 Å². The van der Waals surface area contributed by atoms with Crippen LogP contribution in [0.2, 0.25) is 0 Å². The third-order valence-corrected chi connectivity index (χ3v) is 6.46. The number of alkyl halides is 7. The maximum Gasteiger partial charge on any atom is 0.460 e. The van der Waals surface area contributed by atoms with Gasteiger partial charge in [0.25, 0.3) is 0 Å². The number of para-hydroxylation sites is 1.